The summed E-state index contributed by atoms with van der Waals surface area (Å²) >= 11 is 0. The average Bonchev–Trinajstić information content (AvgIpc) is 2.40. The van der Waals surface area contributed by atoms with Crippen LogP contribution in [-0.2, 0) is 4.74 Å². The van der Waals surface area contributed by atoms with Gasteiger partial charge in [0.1, 0.15) is 0 Å². The van der Waals surface area contributed by atoms with Crippen LogP contribution < -0.4 is 5.32 Å². The third-order valence-corrected chi connectivity index (χ3v) is 3.77. The lowest BCUT2D eigenvalue weighted by Crippen LogP contribution is -2.22. The number of anilines is 1. The van der Waals surface area contributed by atoms with Gasteiger partial charge in [-0.15, -0.1) is 0 Å². The molecule has 1 rings (SSSR count). The van der Waals surface area contributed by atoms with E-state index in [2.05, 4.69) is 50.4 Å². The largest absolute Gasteiger partial charge is 0.385 e. The molecule has 0 aromatic heterocycles. The molecule has 0 fully saturated rings. The molecule has 0 heterocycles. The standard InChI is InChI=1S/C17H29NO/c1-15(9-8-13-17(2,3)19-4)12-14-18-16-10-6-5-7-11-16/h5-7,10-11,15,18H,8-9,12-14H2,1-4H3. The Balaban J connectivity index is 2.10. The maximum Gasteiger partial charge on any atom is 0.0622 e. The Labute approximate surface area is 118 Å². The second-order valence-corrected chi connectivity index (χ2v) is 6.04. The molecule has 1 atom stereocenters. The summed E-state index contributed by atoms with van der Waals surface area (Å²) in [5.41, 5.74) is 1.25. The number of nitrogens with one attached hydrogen (secondary N) is 1. The van der Waals surface area contributed by atoms with Crippen molar-refractivity contribution >= 4 is 5.69 Å². The Hall–Kier alpha value is -1.02. The fraction of sp³-hybridized carbons (Fsp3) is 0.647. The van der Waals surface area contributed by atoms with Crippen LogP contribution in [0.3, 0.4) is 0 Å². The molecule has 1 N–H and O–H groups in total. The number of hydrogen-bond donors (Lipinski definition) is 1. The molecule has 0 aliphatic carbocycles. The van der Waals surface area contributed by atoms with E-state index in [0.717, 1.165) is 18.9 Å². The third-order valence-electron chi connectivity index (χ3n) is 3.77. The number of methoxy groups -OCH3 is 1. The minimum atomic E-state index is 0.0298. The Morgan fingerprint density at radius 1 is 1.16 bits per heavy atom. The first kappa shape index (κ1) is 16.0. The Morgan fingerprint density at radius 3 is 2.47 bits per heavy atom. The molecule has 0 aliphatic rings. The van der Waals surface area contributed by atoms with Crippen LogP contribution in [0.5, 0.6) is 0 Å². The lowest BCUT2D eigenvalue weighted by molar-refractivity contribution is 0.0127. The summed E-state index contributed by atoms with van der Waals surface area (Å²) < 4.78 is 5.45. The predicted octanol–water partition coefficient (Wildman–Crippen LogP) is 4.72. The smallest absolute Gasteiger partial charge is 0.0622 e. The number of benzene rings is 1. The normalized spacial score (nSPS) is 13.3. The van der Waals surface area contributed by atoms with Crippen LogP contribution in [0.1, 0.15) is 46.5 Å². The highest BCUT2D eigenvalue weighted by molar-refractivity contribution is 5.42. The first-order chi connectivity index (χ1) is 9.03. The molecule has 2 nitrogen and oxygen atoms in total. The van der Waals surface area contributed by atoms with Crippen molar-refractivity contribution in [2.75, 3.05) is 19.0 Å². The molecule has 1 aromatic carbocycles. The van der Waals surface area contributed by atoms with Crippen molar-refractivity contribution in [3.05, 3.63) is 30.3 Å². The van der Waals surface area contributed by atoms with Crippen molar-refractivity contribution in [2.45, 2.75) is 52.1 Å². The first-order valence-corrected chi connectivity index (χ1v) is 7.37. The topological polar surface area (TPSA) is 21.3 Å². The molecular formula is C17H29NO. The molecule has 0 radical (unpaired) electrons. The van der Waals surface area contributed by atoms with E-state index in [4.69, 9.17) is 4.74 Å². The maximum absolute atomic E-state index is 5.45. The highest BCUT2D eigenvalue weighted by Gasteiger charge is 2.15. The fourth-order valence-corrected chi connectivity index (χ4v) is 2.14. The van der Waals surface area contributed by atoms with Crippen molar-refractivity contribution in [1.82, 2.24) is 0 Å². The van der Waals surface area contributed by atoms with E-state index in [-0.39, 0.29) is 5.60 Å². The van der Waals surface area contributed by atoms with E-state index in [1.54, 1.807) is 7.11 Å². The molecule has 0 bridgehead atoms. The van der Waals surface area contributed by atoms with Crippen LogP contribution >= 0.6 is 0 Å². The Morgan fingerprint density at radius 2 is 1.84 bits per heavy atom. The minimum Gasteiger partial charge on any atom is -0.385 e. The number of hydrogen-bond acceptors (Lipinski definition) is 2. The Bertz CT molecular complexity index is 334. The molecule has 1 aromatic rings. The van der Waals surface area contributed by atoms with E-state index < -0.39 is 0 Å². The van der Waals surface area contributed by atoms with E-state index in [9.17, 15) is 0 Å². The van der Waals surface area contributed by atoms with Crippen LogP contribution in [0.15, 0.2) is 30.3 Å². The zero-order chi connectivity index (χ0) is 14.1. The number of rotatable bonds is 9. The molecule has 0 aliphatic heterocycles. The molecule has 2 heteroatoms. The lowest BCUT2D eigenvalue weighted by atomic mass is 9.95. The van der Waals surface area contributed by atoms with Gasteiger partial charge in [0, 0.05) is 19.3 Å². The van der Waals surface area contributed by atoms with Crippen molar-refractivity contribution < 1.29 is 4.74 Å². The van der Waals surface area contributed by atoms with E-state index in [1.165, 1.54) is 24.9 Å². The molecule has 0 saturated heterocycles. The van der Waals surface area contributed by atoms with Gasteiger partial charge < -0.3 is 10.1 Å². The van der Waals surface area contributed by atoms with Gasteiger partial charge in [0.25, 0.3) is 0 Å². The van der Waals surface area contributed by atoms with E-state index in [0.29, 0.717) is 0 Å². The molecule has 108 valence electrons. The van der Waals surface area contributed by atoms with Crippen LogP contribution in [0.25, 0.3) is 0 Å². The third kappa shape index (κ3) is 7.22. The van der Waals surface area contributed by atoms with E-state index >= 15 is 0 Å². The quantitative estimate of drug-likeness (QED) is 0.696. The fourth-order valence-electron chi connectivity index (χ4n) is 2.14. The van der Waals surface area contributed by atoms with Crippen LogP contribution in [-0.4, -0.2) is 19.3 Å². The maximum atomic E-state index is 5.45. The zero-order valence-electron chi connectivity index (χ0n) is 12.9. The minimum absolute atomic E-state index is 0.0298. The monoisotopic (exact) mass is 263 g/mol. The SMILES string of the molecule is COC(C)(C)CCCC(C)CCNc1ccccc1. The molecule has 0 saturated carbocycles. The molecule has 19 heavy (non-hydrogen) atoms. The lowest BCUT2D eigenvalue weighted by Gasteiger charge is -2.23. The van der Waals surface area contributed by atoms with Crippen molar-refractivity contribution in [3.8, 4) is 0 Å². The summed E-state index contributed by atoms with van der Waals surface area (Å²) in [6.07, 6.45) is 4.89. The van der Waals surface area contributed by atoms with Gasteiger partial charge in [-0.3, -0.25) is 0 Å². The van der Waals surface area contributed by atoms with Gasteiger partial charge in [0.2, 0.25) is 0 Å². The average molecular weight is 263 g/mol. The zero-order valence-corrected chi connectivity index (χ0v) is 12.9. The van der Waals surface area contributed by atoms with Crippen molar-refractivity contribution in [1.29, 1.82) is 0 Å². The molecule has 1 unspecified atom stereocenters. The molecular weight excluding hydrogens is 234 g/mol. The molecule has 0 spiro atoms. The number of ether oxygens (including phenoxy) is 1. The molecule has 0 amide bonds. The van der Waals surface area contributed by atoms with Gasteiger partial charge in [-0.25, -0.2) is 0 Å². The second kappa shape index (κ2) is 8.21. The van der Waals surface area contributed by atoms with Crippen LogP contribution in [0.4, 0.5) is 5.69 Å². The number of para-hydroxylation sites is 1. The van der Waals surface area contributed by atoms with Gasteiger partial charge in [-0.1, -0.05) is 38.0 Å². The van der Waals surface area contributed by atoms with Gasteiger partial charge in [0.05, 0.1) is 5.60 Å². The van der Waals surface area contributed by atoms with E-state index in [1.807, 2.05) is 6.07 Å². The highest BCUT2D eigenvalue weighted by atomic mass is 16.5. The van der Waals surface area contributed by atoms with Crippen molar-refractivity contribution in [3.63, 3.8) is 0 Å². The van der Waals surface area contributed by atoms with Gasteiger partial charge >= 0.3 is 0 Å². The summed E-state index contributed by atoms with van der Waals surface area (Å²) in [5, 5.41) is 3.47. The van der Waals surface area contributed by atoms with Crippen LogP contribution in [0.2, 0.25) is 0 Å². The Kier molecular flexibility index (Phi) is 6.93. The van der Waals surface area contributed by atoms with Crippen molar-refractivity contribution in [2.24, 2.45) is 5.92 Å². The van der Waals surface area contributed by atoms with Crippen LogP contribution in [0, 0.1) is 5.92 Å². The summed E-state index contributed by atoms with van der Waals surface area (Å²) in [6, 6.07) is 10.4. The van der Waals surface area contributed by atoms with Gasteiger partial charge in [-0.2, -0.15) is 0 Å². The van der Waals surface area contributed by atoms with Gasteiger partial charge in [-0.05, 0) is 44.7 Å². The summed E-state index contributed by atoms with van der Waals surface area (Å²) in [7, 11) is 1.80. The highest BCUT2D eigenvalue weighted by Crippen LogP contribution is 2.20. The summed E-state index contributed by atoms with van der Waals surface area (Å²) in [4.78, 5) is 0. The first-order valence-electron chi connectivity index (χ1n) is 7.37. The summed E-state index contributed by atoms with van der Waals surface area (Å²) in [5.74, 6) is 0.767. The van der Waals surface area contributed by atoms with Gasteiger partial charge in [0.15, 0.2) is 0 Å². The summed E-state index contributed by atoms with van der Waals surface area (Å²) in [6.45, 7) is 7.72. The predicted molar refractivity (Wildman–Crippen MR) is 83.7 cm³/mol. The second-order valence-electron chi connectivity index (χ2n) is 6.04.